The number of hydrogen-bond acceptors (Lipinski definition) is 8. The molecule has 0 heterocycles. The number of hydrogen-bond donors (Lipinski definition) is 4. The molecule has 0 aliphatic rings. The van der Waals surface area contributed by atoms with Gasteiger partial charge in [-0.25, -0.2) is 0 Å². The van der Waals surface area contributed by atoms with Gasteiger partial charge in [-0.2, -0.15) is 0 Å². The average Bonchev–Trinajstić information content (AvgIpc) is 2.24. The maximum absolute atomic E-state index is 8.26. The molecule has 16 heavy (non-hydrogen) atoms. The van der Waals surface area contributed by atoms with Gasteiger partial charge in [0.05, 0.1) is 0 Å². The maximum atomic E-state index is 8.26. The molecule has 0 spiro atoms. The fourth-order valence-electron chi connectivity index (χ4n) is 1.07. The van der Waals surface area contributed by atoms with Crippen molar-refractivity contribution in [3.05, 3.63) is 0 Å². The topological polar surface area (TPSA) is 108 Å². The van der Waals surface area contributed by atoms with Crippen LogP contribution in [0.3, 0.4) is 0 Å². The summed E-state index contributed by atoms with van der Waals surface area (Å²) >= 11 is 0.700. The van der Waals surface area contributed by atoms with Gasteiger partial charge in [0, 0.05) is 0 Å². The Kier molecular flexibility index (Phi) is 33.4. The van der Waals surface area contributed by atoms with Crippen molar-refractivity contribution in [2.45, 2.75) is 0 Å². The third-order valence-corrected chi connectivity index (χ3v) is 3.22. The Hall–Kier alpha value is 0.638. The quantitative estimate of drug-likeness (QED) is 0.258. The summed E-state index contributed by atoms with van der Waals surface area (Å²) in [6.07, 6.45) is 0. The summed E-state index contributed by atoms with van der Waals surface area (Å²) in [5, 5.41) is 24.0. The van der Waals surface area contributed by atoms with E-state index < -0.39 is 0 Å². The fraction of sp³-hybridized carbons (Fsp3) is 1.00. The fourth-order valence-corrected chi connectivity index (χ4v) is 3.22. The normalized spacial score (nSPS) is 8.88. The van der Waals surface area contributed by atoms with Gasteiger partial charge >= 0.3 is 23.2 Å². The van der Waals surface area contributed by atoms with Crippen LogP contribution in [0.1, 0.15) is 0 Å². The van der Waals surface area contributed by atoms with Crippen molar-refractivity contribution in [2.75, 3.05) is 42.3 Å². The second kappa shape index (κ2) is 21.0. The molecule has 10 heteroatoms. The predicted octanol–water partition coefficient (Wildman–Crippen LogP) is 0.812. The molecule has 0 radical (unpaired) electrons. The van der Waals surface area contributed by atoms with E-state index in [-0.39, 0.29) is 8.37 Å². The first-order valence-electron chi connectivity index (χ1n) is 3.85. The van der Waals surface area contributed by atoms with Crippen molar-refractivity contribution in [2.24, 2.45) is 0 Å². The first kappa shape index (κ1) is 25.5. The zero-order valence-corrected chi connectivity index (χ0v) is 13.3. The molecule has 0 saturated carbocycles. The SMILES string of the molecule is CN(C)P(N(C)C)N(C)C.OO.OO.[O]=[Mo]. The molecule has 0 aromatic carbocycles. The van der Waals surface area contributed by atoms with Crippen LogP contribution in [0.25, 0.3) is 0 Å². The second-order valence-electron chi connectivity index (χ2n) is 2.81. The van der Waals surface area contributed by atoms with E-state index in [1.54, 1.807) is 0 Å². The molecule has 0 aliphatic heterocycles. The van der Waals surface area contributed by atoms with Crippen molar-refractivity contribution in [1.82, 2.24) is 14.0 Å². The van der Waals surface area contributed by atoms with Gasteiger partial charge < -0.3 is 0 Å². The zero-order valence-electron chi connectivity index (χ0n) is 10.4. The molecule has 0 aromatic heterocycles. The first-order chi connectivity index (χ1) is 7.46. The molecule has 0 saturated heterocycles. The summed E-state index contributed by atoms with van der Waals surface area (Å²) in [7, 11) is 12.4. The molecule has 0 unspecified atom stereocenters. The van der Waals surface area contributed by atoms with Crippen molar-refractivity contribution in [1.29, 1.82) is 0 Å². The van der Waals surface area contributed by atoms with E-state index in [0.29, 0.717) is 19.8 Å². The molecule has 0 amide bonds. The van der Waals surface area contributed by atoms with Crippen LogP contribution >= 0.6 is 8.37 Å². The molecule has 102 valence electrons. The van der Waals surface area contributed by atoms with Gasteiger partial charge in [0.1, 0.15) is 8.37 Å². The summed E-state index contributed by atoms with van der Waals surface area (Å²) in [6, 6.07) is 0. The molecule has 0 fully saturated rings. The first-order valence-corrected chi connectivity index (χ1v) is 5.87. The number of rotatable bonds is 3. The Bertz CT molecular complexity index is 103. The van der Waals surface area contributed by atoms with E-state index >= 15 is 0 Å². The Labute approximate surface area is 109 Å². The van der Waals surface area contributed by atoms with Crippen molar-refractivity contribution in [3.8, 4) is 0 Å². The van der Waals surface area contributed by atoms with Gasteiger partial charge in [0.15, 0.2) is 0 Å². The van der Waals surface area contributed by atoms with Crippen LogP contribution in [0.15, 0.2) is 0 Å². The summed E-state index contributed by atoms with van der Waals surface area (Å²) in [4.78, 5) is 0. The van der Waals surface area contributed by atoms with Gasteiger partial charge in [-0.3, -0.25) is 35.0 Å². The van der Waals surface area contributed by atoms with Crippen LogP contribution in [0.4, 0.5) is 0 Å². The molecule has 4 N–H and O–H groups in total. The van der Waals surface area contributed by atoms with Gasteiger partial charge in [0.25, 0.3) is 0 Å². The molecular weight excluding hydrogens is 321 g/mol. The molecule has 0 rings (SSSR count). The molecular formula is C6H22MoN3O5P. The summed E-state index contributed by atoms with van der Waals surface area (Å²) < 4.78 is 15.0. The Morgan fingerprint density at radius 1 is 0.688 bits per heavy atom. The van der Waals surface area contributed by atoms with E-state index in [1.165, 1.54) is 0 Å². The third-order valence-electron chi connectivity index (χ3n) is 1.07. The standard InChI is InChI=1S/C6H18N3P.Mo.2H2O2.O/c1-7(2)10(8(3)4)9(5)6;;2*1-2;/h1-6H3;;2*1-2H;. The van der Waals surface area contributed by atoms with Gasteiger partial charge in [-0.1, -0.05) is 0 Å². The van der Waals surface area contributed by atoms with Crippen LogP contribution in [-0.4, -0.2) is 77.3 Å². The third kappa shape index (κ3) is 17.0. The average molecular weight is 343 g/mol. The molecule has 0 aromatic rings. The molecule has 0 atom stereocenters. The van der Waals surface area contributed by atoms with Crippen molar-refractivity contribution in [3.63, 3.8) is 0 Å². The number of nitrogens with zero attached hydrogens (tertiary/aromatic N) is 3. The van der Waals surface area contributed by atoms with Crippen LogP contribution < -0.4 is 0 Å². The molecule has 8 nitrogen and oxygen atoms in total. The monoisotopic (exact) mass is 345 g/mol. The van der Waals surface area contributed by atoms with Crippen LogP contribution in [-0.2, 0) is 23.2 Å². The summed E-state index contributed by atoms with van der Waals surface area (Å²) in [6.45, 7) is 0. The van der Waals surface area contributed by atoms with Gasteiger partial charge in [0.2, 0.25) is 0 Å². The van der Waals surface area contributed by atoms with Gasteiger partial charge in [-0.05, 0) is 42.3 Å². The van der Waals surface area contributed by atoms with Crippen LogP contribution in [0.5, 0.6) is 0 Å². The Morgan fingerprint density at radius 2 is 0.812 bits per heavy atom. The van der Waals surface area contributed by atoms with E-state index in [9.17, 15) is 0 Å². The molecule has 0 bridgehead atoms. The van der Waals surface area contributed by atoms with Crippen LogP contribution in [0, 0.1) is 0 Å². The minimum absolute atomic E-state index is 0.238. The Balaban J connectivity index is -0.000000103. The van der Waals surface area contributed by atoms with E-state index in [4.69, 9.17) is 24.4 Å². The summed E-state index contributed by atoms with van der Waals surface area (Å²) in [5.74, 6) is 0. The predicted molar refractivity (Wildman–Crippen MR) is 59.2 cm³/mol. The Morgan fingerprint density at radius 3 is 0.812 bits per heavy atom. The second-order valence-corrected chi connectivity index (χ2v) is 5.75. The van der Waals surface area contributed by atoms with E-state index in [0.717, 1.165) is 0 Å². The van der Waals surface area contributed by atoms with Crippen LogP contribution in [0.2, 0.25) is 0 Å². The zero-order chi connectivity index (χ0) is 14.3. The minimum atomic E-state index is -0.238. The van der Waals surface area contributed by atoms with Gasteiger partial charge in [-0.15, -0.1) is 0 Å². The summed E-state index contributed by atoms with van der Waals surface area (Å²) in [5.41, 5.74) is 0. The molecule has 0 aliphatic carbocycles. The van der Waals surface area contributed by atoms with Crippen molar-refractivity contribution < 1.29 is 44.2 Å². The van der Waals surface area contributed by atoms with Crippen molar-refractivity contribution >= 4 is 8.37 Å². The van der Waals surface area contributed by atoms with E-state index in [1.807, 2.05) is 0 Å². The van der Waals surface area contributed by atoms with E-state index in [2.05, 4.69) is 56.3 Å².